The summed E-state index contributed by atoms with van der Waals surface area (Å²) in [5, 5.41) is 12.2. The maximum atomic E-state index is 14.9. The lowest BCUT2D eigenvalue weighted by Gasteiger charge is -2.12. The number of carbonyl (C=O) groups excluding carboxylic acids is 1. The fourth-order valence-electron chi connectivity index (χ4n) is 4.04. The Bertz CT molecular complexity index is 1740. The van der Waals surface area contributed by atoms with E-state index in [1.165, 1.54) is 23.9 Å². The second kappa shape index (κ2) is 12.6. The zero-order valence-electron chi connectivity index (χ0n) is 22.1. The van der Waals surface area contributed by atoms with Crippen molar-refractivity contribution in [3.63, 3.8) is 0 Å². The first-order valence-corrected chi connectivity index (χ1v) is 13.5. The summed E-state index contributed by atoms with van der Waals surface area (Å²) in [6.45, 7) is 1.96. The van der Waals surface area contributed by atoms with Crippen LogP contribution in [0.1, 0.15) is 18.3 Å². The Morgan fingerprint density at radius 1 is 1.05 bits per heavy atom. The number of amides is 1. The highest BCUT2D eigenvalue weighted by atomic mass is 32.2. The molecule has 12 heteroatoms. The van der Waals surface area contributed by atoms with Crippen LogP contribution in [0.4, 0.5) is 14.9 Å². The van der Waals surface area contributed by atoms with E-state index in [0.29, 0.717) is 50.5 Å². The van der Waals surface area contributed by atoms with E-state index in [1.807, 2.05) is 0 Å². The van der Waals surface area contributed by atoms with E-state index in [0.717, 1.165) is 0 Å². The molecule has 0 saturated heterocycles. The molecule has 0 fully saturated rings. The molecule has 0 unspecified atom stereocenters. The molecule has 0 aliphatic rings. The Balaban J connectivity index is 1.42. The van der Waals surface area contributed by atoms with Crippen molar-refractivity contribution in [1.82, 2.24) is 14.8 Å². The normalized spacial score (nSPS) is 10.9. The van der Waals surface area contributed by atoms with Crippen molar-refractivity contribution in [1.29, 1.82) is 0 Å². The molecule has 2 aromatic heterocycles. The Labute approximate surface area is 238 Å². The lowest BCUT2D eigenvalue weighted by molar-refractivity contribution is 0.168. The SMILES string of the molecule is CCOC(=O)Nc1ccc2c(CSc3nnc(COc4ccc(OC)cc4)n3-c3ccccc3F)cc(=O)oc2c1. The monoisotopic (exact) mass is 576 g/mol. The van der Waals surface area contributed by atoms with Crippen molar-refractivity contribution in [2.45, 2.75) is 24.4 Å². The second-order valence-electron chi connectivity index (χ2n) is 8.59. The molecule has 3 aromatic carbocycles. The largest absolute Gasteiger partial charge is 0.497 e. The van der Waals surface area contributed by atoms with Crippen molar-refractivity contribution in [3.05, 3.63) is 100 Å². The van der Waals surface area contributed by atoms with Crippen LogP contribution in [-0.2, 0) is 17.1 Å². The summed E-state index contributed by atoms with van der Waals surface area (Å²) in [4.78, 5) is 24.1. The maximum absolute atomic E-state index is 14.9. The average Bonchev–Trinajstić information content (AvgIpc) is 3.37. The molecule has 5 aromatic rings. The number of benzene rings is 3. The standard InChI is InChI=1S/C29H25FN4O6S/c1-3-38-29(36)31-19-8-13-22-18(14-27(35)40-25(22)15-19)17-41-28-33-32-26(34(28)24-7-5-4-6-23(24)30)16-39-21-11-9-20(37-2)10-12-21/h4-15H,3,16-17H2,1-2H3,(H,31,36). The lowest BCUT2D eigenvalue weighted by atomic mass is 10.1. The number of rotatable bonds is 10. The third-order valence-corrected chi connectivity index (χ3v) is 6.91. The van der Waals surface area contributed by atoms with Gasteiger partial charge in [0.1, 0.15) is 29.5 Å². The molecule has 1 N–H and O–H groups in total. The molecule has 1 amide bonds. The smallest absolute Gasteiger partial charge is 0.411 e. The number of aromatic nitrogens is 3. The molecule has 0 bridgehead atoms. The van der Waals surface area contributed by atoms with Crippen molar-refractivity contribution >= 4 is 34.5 Å². The van der Waals surface area contributed by atoms with Gasteiger partial charge in [0.2, 0.25) is 0 Å². The van der Waals surface area contributed by atoms with E-state index in [-0.39, 0.29) is 18.9 Å². The predicted molar refractivity (Wildman–Crippen MR) is 151 cm³/mol. The third-order valence-electron chi connectivity index (χ3n) is 5.93. The van der Waals surface area contributed by atoms with Crippen molar-refractivity contribution in [3.8, 4) is 17.2 Å². The number of hydrogen-bond donors (Lipinski definition) is 1. The summed E-state index contributed by atoms with van der Waals surface area (Å²) >= 11 is 1.28. The van der Waals surface area contributed by atoms with Gasteiger partial charge in [-0.15, -0.1) is 10.2 Å². The number of nitrogens with zero attached hydrogens (tertiary/aromatic N) is 3. The van der Waals surface area contributed by atoms with E-state index in [9.17, 15) is 14.0 Å². The first kappa shape index (κ1) is 27.7. The molecule has 0 saturated carbocycles. The van der Waals surface area contributed by atoms with Gasteiger partial charge in [0.25, 0.3) is 0 Å². The van der Waals surface area contributed by atoms with Gasteiger partial charge in [-0.2, -0.15) is 0 Å². The van der Waals surface area contributed by atoms with Crippen molar-refractivity contribution < 1.29 is 27.8 Å². The lowest BCUT2D eigenvalue weighted by Crippen LogP contribution is -2.13. The molecule has 5 rings (SSSR count). The highest BCUT2D eigenvalue weighted by molar-refractivity contribution is 7.98. The highest BCUT2D eigenvalue weighted by Crippen LogP contribution is 2.30. The Morgan fingerprint density at radius 3 is 2.59 bits per heavy atom. The number of fused-ring (bicyclic) bond motifs is 1. The molecule has 0 radical (unpaired) electrons. The zero-order chi connectivity index (χ0) is 28.8. The van der Waals surface area contributed by atoms with E-state index in [4.69, 9.17) is 18.6 Å². The van der Waals surface area contributed by atoms with Crippen LogP contribution >= 0.6 is 11.8 Å². The van der Waals surface area contributed by atoms with E-state index >= 15 is 0 Å². The van der Waals surface area contributed by atoms with E-state index in [1.54, 1.807) is 79.3 Å². The number of nitrogens with one attached hydrogen (secondary N) is 1. The van der Waals surface area contributed by atoms with Gasteiger partial charge in [-0.3, -0.25) is 9.88 Å². The summed E-state index contributed by atoms with van der Waals surface area (Å²) in [5.74, 6) is 1.52. The van der Waals surface area contributed by atoms with Crippen LogP contribution in [0.2, 0.25) is 0 Å². The number of halogens is 1. The minimum absolute atomic E-state index is 0.0301. The number of carbonyl (C=O) groups is 1. The van der Waals surface area contributed by atoms with Crippen LogP contribution in [0, 0.1) is 5.82 Å². The highest BCUT2D eigenvalue weighted by Gasteiger charge is 2.19. The Morgan fingerprint density at radius 2 is 1.83 bits per heavy atom. The molecular weight excluding hydrogens is 551 g/mol. The summed E-state index contributed by atoms with van der Waals surface area (Å²) < 4.78 is 37.9. The van der Waals surface area contributed by atoms with E-state index in [2.05, 4.69) is 15.5 Å². The molecule has 0 aliphatic heterocycles. The zero-order valence-corrected chi connectivity index (χ0v) is 22.9. The number of thioether (sulfide) groups is 1. The first-order chi connectivity index (χ1) is 19.9. The first-order valence-electron chi connectivity index (χ1n) is 12.5. The van der Waals surface area contributed by atoms with Gasteiger partial charge in [-0.05, 0) is 61.0 Å². The Hall–Kier alpha value is -4.84. The van der Waals surface area contributed by atoms with Gasteiger partial charge in [0.15, 0.2) is 11.0 Å². The summed E-state index contributed by atoms with van der Waals surface area (Å²) in [6, 6.07) is 19.8. The number of anilines is 1. The molecule has 0 atom stereocenters. The molecule has 0 spiro atoms. The fraction of sp³-hybridized carbons (Fsp3) is 0.172. The predicted octanol–water partition coefficient (Wildman–Crippen LogP) is 5.96. The van der Waals surface area contributed by atoms with Crippen LogP contribution in [0.5, 0.6) is 11.5 Å². The van der Waals surface area contributed by atoms with Gasteiger partial charge in [0.05, 0.1) is 19.4 Å². The Kier molecular flexibility index (Phi) is 8.49. The molecule has 10 nitrogen and oxygen atoms in total. The minimum atomic E-state index is -0.611. The van der Waals surface area contributed by atoms with E-state index < -0.39 is 17.5 Å². The molecule has 41 heavy (non-hydrogen) atoms. The molecule has 210 valence electrons. The van der Waals surface area contributed by atoms with Crippen LogP contribution < -0.4 is 20.4 Å². The van der Waals surface area contributed by atoms with Gasteiger partial charge in [0, 0.05) is 29.0 Å². The topological polar surface area (TPSA) is 118 Å². The van der Waals surface area contributed by atoms with Crippen molar-refractivity contribution in [2.24, 2.45) is 0 Å². The summed E-state index contributed by atoms with van der Waals surface area (Å²) in [6.07, 6.45) is -0.611. The minimum Gasteiger partial charge on any atom is -0.497 e. The average molecular weight is 577 g/mol. The van der Waals surface area contributed by atoms with Crippen LogP contribution in [0.3, 0.4) is 0 Å². The molecule has 2 heterocycles. The summed E-state index contributed by atoms with van der Waals surface area (Å²) in [7, 11) is 1.58. The van der Waals surface area contributed by atoms with Gasteiger partial charge in [-0.25, -0.2) is 14.0 Å². The number of methoxy groups -OCH3 is 1. The third kappa shape index (κ3) is 6.49. The number of ether oxygens (including phenoxy) is 3. The summed E-state index contributed by atoms with van der Waals surface area (Å²) in [5.41, 5.74) is 1.10. The fourth-order valence-corrected chi connectivity index (χ4v) is 4.99. The van der Waals surface area contributed by atoms with Crippen LogP contribution in [-0.4, -0.2) is 34.6 Å². The van der Waals surface area contributed by atoms with Gasteiger partial charge < -0.3 is 18.6 Å². The molecular formula is C29H25FN4O6S. The maximum Gasteiger partial charge on any atom is 0.411 e. The number of hydrogen-bond acceptors (Lipinski definition) is 9. The molecule has 0 aliphatic carbocycles. The van der Waals surface area contributed by atoms with Crippen molar-refractivity contribution in [2.75, 3.05) is 19.0 Å². The van der Waals surface area contributed by atoms with Gasteiger partial charge in [-0.1, -0.05) is 23.9 Å². The van der Waals surface area contributed by atoms with Gasteiger partial charge >= 0.3 is 11.7 Å². The quantitative estimate of drug-likeness (QED) is 0.159. The van der Waals surface area contributed by atoms with Crippen LogP contribution in [0.25, 0.3) is 16.7 Å². The second-order valence-corrected chi connectivity index (χ2v) is 9.53. The number of para-hydroxylation sites is 1. The van der Waals surface area contributed by atoms with Crippen LogP contribution in [0.15, 0.2) is 87.2 Å².